The monoisotopic (exact) mass is 386 g/mol. The van der Waals surface area contributed by atoms with Crippen LogP contribution in [0.4, 0.5) is 23.4 Å². The van der Waals surface area contributed by atoms with Crippen LogP contribution in [0.1, 0.15) is 6.92 Å². The van der Waals surface area contributed by atoms with Gasteiger partial charge in [-0.15, -0.1) is 18.3 Å². The Morgan fingerprint density at radius 2 is 2.04 bits per heavy atom. The molecular formula is C16H14F4N4O3. The molecule has 0 bridgehead atoms. The molecule has 144 valence electrons. The molecule has 27 heavy (non-hydrogen) atoms. The number of aromatic hydroxyl groups is 1. The number of aromatic nitrogens is 2. The second kappa shape index (κ2) is 6.56. The number of nitrogens with zero attached hydrogens (tertiary/aromatic N) is 2. The lowest BCUT2D eigenvalue weighted by Crippen LogP contribution is -2.28. The van der Waals surface area contributed by atoms with Gasteiger partial charge in [0.1, 0.15) is 11.6 Å². The molecule has 11 heteroatoms. The van der Waals surface area contributed by atoms with Gasteiger partial charge in [-0.2, -0.15) is 4.68 Å². The molecule has 2 heterocycles. The van der Waals surface area contributed by atoms with E-state index in [-0.39, 0.29) is 22.7 Å². The number of alkyl halides is 3. The van der Waals surface area contributed by atoms with Crippen LogP contribution < -0.4 is 10.6 Å². The second-order valence-corrected chi connectivity index (χ2v) is 6.12. The molecule has 0 aliphatic carbocycles. The zero-order valence-corrected chi connectivity index (χ0v) is 13.8. The van der Waals surface area contributed by atoms with E-state index in [4.69, 9.17) is 0 Å². The summed E-state index contributed by atoms with van der Waals surface area (Å²) in [5.74, 6) is -4.29. The fraction of sp³-hybridized carbons (Fsp3) is 0.312. The number of nitrogens with one attached hydrogen (secondary N) is 2. The molecule has 2 atom stereocenters. The lowest BCUT2D eigenvalue weighted by Gasteiger charge is -2.11. The Balaban J connectivity index is 1.95. The van der Waals surface area contributed by atoms with Crippen molar-refractivity contribution in [2.45, 2.75) is 13.2 Å². The van der Waals surface area contributed by atoms with E-state index in [0.29, 0.717) is 0 Å². The highest BCUT2D eigenvalue weighted by molar-refractivity contribution is 5.97. The lowest BCUT2D eigenvalue weighted by molar-refractivity contribution is -0.210. The number of carbonyl (C=O) groups is 2. The van der Waals surface area contributed by atoms with Gasteiger partial charge in [-0.1, -0.05) is 6.92 Å². The number of amides is 2. The van der Waals surface area contributed by atoms with E-state index in [0.717, 1.165) is 24.3 Å². The number of anilines is 1. The summed E-state index contributed by atoms with van der Waals surface area (Å²) in [5, 5.41) is 17.5. The standard InChI is InChI=1S/C16H14F4N4O3/c1-7-11(6-21-14(7)26)15(27)22-13-5-12(24(23-13)16(18,19)20)8-2-9(17)4-10(25)3-8/h2-5,7,11,25H,6H2,1H3,(H,21,26)(H,22,23,27). The van der Waals surface area contributed by atoms with Crippen molar-refractivity contribution in [2.24, 2.45) is 11.8 Å². The molecular weight excluding hydrogens is 372 g/mol. The summed E-state index contributed by atoms with van der Waals surface area (Å²) in [6.45, 7) is 1.60. The summed E-state index contributed by atoms with van der Waals surface area (Å²) in [5.41, 5.74) is -0.842. The van der Waals surface area contributed by atoms with Gasteiger partial charge in [0.15, 0.2) is 5.82 Å². The van der Waals surface area contributed by atoms with Gasteiger partial charge in [-0.25, -0.2) is 4.39 Å². The Kier molecular flexibility index (Phi) is 4.54. The van der Waals surface area contributed by atoms with Crippen molar-refractivity contribution in [2.75, 3.05) is 11.9 Å². The first kappa shape index (κ1) is 18.7. The Bertz CT molecular complexity index is 889. The number of phenols is 1. The number of phenolic OH excluding ortho intramolecular Hbond substituents is 1. The lowest BCUT2D eigenvalue weighted by atomic mass is 9.97. The highest BCUT2D eigenvalue weighted by atomic mass is 19.4. The van der Waals surface area contributed by atoms with Crippen LogP contribution in [0.5, 0.6) is 5.75 Å². The highest BCUT2D eigenvalue weighted by Crippen LogP contribution is 2.33. The first-order valence-corrected chi connectivity index (χ1v) is 7.82. The zero-order valence-electron chi connectivity index (χ0n) is 13.8. The Morgan fingerprint density at radius 1 is 1.33 bits per heavy atom. The summed E-state index contributed by atoms with van der Waals surface area (Å²) in [6, 6.07) is 3.39. The molecule has 1 aliphatic rings. The molecule has 3 N–H and O–H groups in total. The van der Waals surface area contributed by atoms with Gasteiger partial charge in [0.2, 0.25) is 11.8 Å². The van der Waals surface area contributed by atoms with E-state index in [2.05, 4.69) is 15.7 Å². The zero-order chi connectivity index (χ0) is 19.9. The van der Waals surface area contributed by atoms with Gasteiger partial charge in [0.25, 0.3) is 0 Å². The molecule has 0 radical (unpaired) electrons. The maximum atomic E-state index is 13.5. The fourth-order valence-electron chi connectivity index (χ4n) is 2.83. The summed E-state index contributed by atoms with van der Waals surface area (Å²) in [4.78, 5) is 23.7. The first-order valence-electron chi connectivity index (χ1n) is 7.82. The molecule has 1 aliphatic heterocycles. The molecule has 1 aromatic heterocycles. The third-order valence-corrected chi connectivity index (χ3v) is 4.23. The van der Waals surface area contributed by atoms with E-state index in [1.807, 2.05) is 0 Å². The minimum Gasteiger partial charge on any atom is -0.508 e. The van der Waals surface area contributed by atoms with Crippen molar-refractivity contribution < 1.29 is 32.3 Å². The molecule has 7 nitrogen and oxygen atoms in total. The number of benzene rings is 1. The van der Waals surface area contributed by atoms with Gasteiger partial charge in [-0.05, 0) is 12.1 Å². The molecule has 3 rings (SSSR count). The van der Waals surface area contributed by atoms with Crippen molar-refractivity contribution in [1.82, 2.24) is 15.1 Å². The van der Waals surface area contributed by atoms with Gasteiger partial charge in [-0.3, -0.25) is 9.59 Å². The summed E-state index contributed by atoms with van der Waals surface area (Å²) in [7, 11) is 0. The van der Waals surface area contributed by atoms with E-state index in [9.17, 15) is 32.3 Å². The Labute approximate surface area is 150 Å². The van der Waals surface area contributed by atoms with E-state index < -0.39 is 47.1 Å². The molecule has 2 unspecified atom stereocenters. The molecule has 1 saturated heterocycles. The van der Waals surface area contributed by atoms with Crippen LogP contribution in [0, 0.1) is 17.7 Å². The van der Waals surface area contributed by atoms with Crippen molar-refractivity contribution in [3.8, 4) is 17.0 Å². The minimum atomic E-state index is -4.95. The summed E-state index contributed by atoms with van der Waals surface area (Å²) < 4.78 is 53.0. The van der Waals surface area contributed by atoms with E-state index >= 15 is 0 Å². The third kappa shape index (κ3) is 3.71. The second-order valence-electron chi connectivity index (χ2n) is 6.12. The normalized spacial score (nSPS) is 19.8. The quantitative estimate of drug-likeness (QED) is 0.705. The molecule has 2 aromatic rings. The molecule has 0 spiro atoms. The van der Waals surface area contributed by atoms with Crippen molar-refractivity contribution in [3.05, 3.63) is 30.1 Å². The van der Waals surface area contributed by atoms with E-state index in [1.165, 1.54) is 6.92 Å². The Morgan fingerprint density at radius 3 is 2.59 bits per heavy atom. The first-order chi connectivity index (χ1) is 12.6. The van der Waals surface area contributed by atoms with E-state index in [1.54, 1.807) is 0 Å². The third-order valence-electron chi connectivity index (χ3n) is 4.23. The molecule has 0 saturated carbocycles. The number of carbonyl (C=O) groups excluding carboxylic acids is 2. The van der Waals surface area contributed by atoms with Crippen molar-refractivity contribution in [1.29, 1.82) is 0 Å². The molecule has 1 aromatic carbocycles. The topological polar surface area (TPSA) is 96.3 Å². The van der Waals surface area contributed by atoms with Crippen LogP contribution in [-0.4, -0.2) is 33.2 Å². The number of rotatable bonds is 3. The maximum absolute atomic E-state index is 13.5. The van der Waals surface area contributed by atoms with Crippen LogP contribution >= 0.6 is 0 Å². The number of hydrogen-bond acceptors (Lipinski definition) is 4. The van der Waals surface area contributed by atoms with Crippen LogP contribution in [0.25, 0.3) is 11.3 Å². The maximum Gasteiger partial charge on any atom is 0.505 e. The predicted octanol–water partition coefficient (Wildman–Crippen LogP) is 2.19. The average Bonchev–Trinajstić information content (AvgIpc) is 3.11. The smallest absolute Gasteiger partial charge is 0.505 e. The SMILES string of the molecule is CC1C(=O)NCC1C(=O)Nc1cc(-c2cc(O)cc(F)c2)n(C(F)(F)F)n1. The molecule has 2 amide bonds. The van der Waals surface area contributed by atoms with Crippen molar-refractivity contribution in [3.63, 3.8) is 0 Å². The largest absolute Gasteiger partial charge is 0.508 e. The van der Waals surface area contributed by atoms with Gasteiger partial charge >= 0.3 is 6.30 Å². The van der Waals surface area contributed by atoms with Crippen molar-refractivity contribution >= 4 is 17.6 Å². The minimum absolute atomic E-state index is 0.0659. The fourth-order valence-corrected chi connectivity index (χ4v) is 2.83. The van der Waals surface area contributed by atoms with Gasteiger partial charge < -0.3 is 15.7 Å². The Hall–Kier alpha value is -3.11. The van der Waals surface area contributed by atoms with Gasteiger partial charge in [0.05, 0.1) is 11.6 Å². The predicted molar refractivity (Wildman–Crippen MR) is 84.9 cm³/mol. The summed E-state index contributed by atoms with van der Waals surface area (Å²) in [6.07, 6.45) is -4.95. The van der Waals surface area contributed by atoms with Crippen LogP contribution in [-0.2, 0) is 15.9 Å². The van der Waals surface area contributed by atoms with Crippen LogP contribution in [0.2, 0.25) is 0 Å². The average molecular weight is 386 g/mol. The number of hydrogen-bond donors (Lipinski definition) is 3. The van der Waals surface area contributed by atoms with Gasteiger partial charge in [0, 0.05) is 30.2 Å². The number of halogens is 4. The van der Waals surface area contributed by atoms with Crippen LogP contribution in [0.3, 0.4) is 0 Å². The molecule has 1 fully saturated rings. The summed E-state index contributed by atoms with van der Waals surface area (Å²) >= 11 is 0. The highest BCUT2D eigenvalue weighted by Gasteiger charge is 2.38. The van der Waals surface area contributed by atoms with Crippen LogP contribution in [0.15, 0.2) is 24.3 Å².